The summed E-state index contributed by atoms with van der Waals surface area (Å²) in [4.78, 5) is 46.5. The van der Waals surface area contributed by atoms with Crippen LogP contribution in [0.3, 0.4) is 0 Å². The minimum atomic E-state index is -0.590. The van der Waals surface area contributed by atoms with Crippen LogP contribution in [-0.2, 0) is 16.1 Å². The summed E-state index contributed by atoms with van der Waals surface area (Å²) in [6, 6.07) is 12.9. The Balaban J connectivity index is 1.73. The highest BCUT2D eigenvalue weighted by molar-refractivity contribution is 5.96. The summed E-state index contributed by atoms with van der Waals surface area (Å²) in [5, 5.41) is 2.42. The van der Waals surface area contributed by atoms with E-state index in [9.17, 15) is 19.2 Å². The molecule has 24 heavy (non-hydrogen) atoms. The van der Waals surface area contributed by atoms with E-state index in [4.69, 9.17) is 0 Å². The molecule has 0 radical (unpaired) electrons. The molecule has 3 amide bonds. The molecule has 0 saturated heterocycles. The van der Waals surface area contributed by atoms with Crippen LogP contribution in [0.1, 0.15) is 10.4 Å². The van der Waals surface area contributed by atoms with Gasteiger partial charge in [0.05, 0.1) is 6.54 Å². The first-order chi connectivity index (χ1) is 11.6. The predicted molar refractivity (Wildman–Crippen MR) is 85.8 cm³/mol. The number of pyridine rings is 1. The maximum Gasteiger partial charge on any atom is 0.258 e. The van der Waals surface area contributed by atoms with Crippen LogP contribution in [0.25, 0.3) is 0 Å². The molecule has 0 aliphatic carbocycles. The van der Waals surface area contributed by atoms with E-state index < -0.39 is 17.7 Å². The number of carbonyl (C=O) groups is 3. The summed E-state index contributed by atoms with van der Waals surface area (Å²) in [5.41, 5.74) is 4.44. The van der Waals surface area contributed by atoms with Crippen LogP contribution in [0.4, 0.5) is 0 Å². The molecular formula is C16H16N4O4. The van der Waals surface area contributed by atoms with Crippen molar-refractivity contribution in [2.75, 3.05) is 6.54 Å². The van der Waals surface area contributed by atoms with E-state index in [0.717, 1.165) is 0 Å². The summed E-state index contributed by atoms with van der Waals surface area (Å²) in [6.07, 6.45) is 1.46. The van der Waals surface area contributed by atoms with Gasteiger partial charge in [0.15, 0.2) is 0 Å². The van der Waals surface area contributed by atoms with Crippen LogP contribution in [0, 0.1) is 0 Å². The van der Waals surface area contributed by atoms with Crippen molar-refractivity contribution in [2.45, 2.75) is 6.54 Å². The van der Waals surface area contributed by atoms with Gasteiger partial charge in [0, 0.05) is 17.8 Å². The second-order valence-electron chi connectivity index (χ2n) is 4.81. The van der Waals surface area contributed by atoms with Gasteiger partial charge >= 0.3 is 0 Å². The second-order valence-corrected chi connectivity index (χ2v) is 4.81. The maximum absolute atomic E-state index is 11.7. The molecule has 1 aromatic carbocycles. The molecule has 0 atom stereocenters. The highest BCUT2D eigenvalue weighted by Gasteiger charge is 2.09. The monoisotopic (exact) mass is 328 g/mol. The Kier molecular flexibility index (Phi) is 5.84. The fourth-order valence-electron chi connectivity index (χ4n) is 1.82. The van der Waals surface area contributed by atoms with Crippen LogP contribution in [0.5, 0.6) is 0 Å². The zero-order chi connectivity index (χ0) is 17.4. The highest BCUT2D eigenvalue weighted by Crippen LogP contribution is 1.97. The summed E-state index contributed by atoms with van der Waals surface area (Å²) >= 11 is 0. The van der Waals surface area contributed by atoms with Gasteiger partial charge in [0.1, 0.15) is 6.54 Å². The van der Waals surface area contributed by atoms with Crippen molar-refractivity contribution in [3.05, 3.63) is 70.6 Å². The highest BCUT2D eigenvalue weighted by atomic mass is 16.2. The summed E-state index contributed by atoms with van der Waals surface area (Å²) < 4.78 is 1.19. The minimum absolute atomic E-state index is 0.226. The molecule has 0 unspecified atom stereocenters. The molecule has 124 valence electrons. The number of benzene rings is 1. The van der Waals surface area contributed by atoms with Gasteiger partial charge < -0.3 is 9.88 Å². The van der Waals surface area contributed by atoms with Crippen molar-refractivity contribution in [2.24, 2.45) is 0 Å². The molecule has 0 aliphatic rings. The first-order valence-corrected chi connectivity index (χ1v) is 7.12. The number of hydrogen-bond acceptors (Lipinski definition) is 4. The average Bonchev–Trinajstić information content (AvgIpc) is 2.60. The lowest BCUT2D eigenvalue weighted by Crippen LogP contribution is -2.47. The number of hydrogen-bond donors (Lipinski definition) is 3. The Hall–Kier alpha value is -3.42. The number of hydrazine groups is 1. The molecule has 0 fully saturated rings. The fourth-order valence-corrected chi connectivity index (χ4v) is 1.82. The molecule has 0 bridgehead atoms. The fraction of sp³-hybridized carbons (Fsp3) is 0.125. The Morgan fingerprint density at radius 2 is 1.54 bits per heavy atom. The molecule has 2 aromatic rings. The van der Waals surface area contributed by atoms with Gasteiger partial charge in [-0.3, -0.25) is 30.0 Å². The second kappa shape index (κ2) is 8.28. The average molecular weight is 328 g/mol. The molecule has 0 aliphatic heterocycles. The Morgan fingerprint density at radius 1 is 0.875 bits per heavy atom. The molecule has 3 N–H and O–H groups in total. The third kappa shape index (κ3) is 5.09. The number of rotatable bonds is 5. The molecule has 1 heterocycles. The van der Waals surface area contributed by atoms with Gasteiger partial charge in [-0.15, -0.1) is 0 Å². The van der Waals surface area contributed by atoms with Gasteiger partial charge in [-0.05, 0) is 18.2 Å². The number of nitrogens with one attached hydrogen (secondary N) is 3. The molecular weight excluding hydrogens is 312 g/mol. The van der Waals surface area contributed by atoms with Gasteiger partial charge in [-0.25, -0.2) is 0 Å². The zero-order valence-corrected chi connectivity index (χ0v) is 12.7. The Labute approximate surface area is 137 Å². The number of nitrogens with zero attached hydrogens (tertiary/aromatic N) is 1. The lowest BCUT2D eigenvalue weighted by atomic mass is 10.2. The van der Waals surface area contributed by atoms with Crippen molar-refractivity contribution in [3.63, 3.8) is 0 Å². The van der Waals surface area contributed by atoms with E-state index in [1.807, 2.05) is 0 Å². The van der Waals surface area contributed by atoms with Crippen molar-refractivity contribution >= 4 is 17.7 Å². The van der Waals surface area contributed by atoms with E-state index in [-0.39, 0.29) is 18.6 Å². The van der Waals surface area contributed by atoms with E-state index >= 15 is 0 Å². The molecule has 8 heteroatoms. The van der Waals surface area contributed by atoms with E-state index in [2.05, 4.69) is 16.2 Å². The van der Waals surface area contributed by atoms with Crippen LogP contribution < -0.4 is 21.7 Å². The van der Waals surface area contributed by atoms with Gasteiger partial charge in [-0.1, -0.05) is 24.3 Å². The number of carbonyl (C=O) groups excluding carboxylic acids is 3. The summed E-state index contributed by atoms with van der Waals surface area (Å²) in [5.74, 6) is -1.55. The minimum Gasteiger partial charge on any atom is -0.343 e. The molecule has 8 nitrogen and oxygen atoms in total. The SMILES string of the molecule is O=C(CNC(=O)c1ccccc1)NNC(=O)Cn1ccccc1=O. The largest absolute Gasteiger partial charge is 0.343 e. The lowest BCUT2D eigenvalue weighted by molar-refractivity contribution is -0.128. The lowest BCUT2D eigenvalue weighted by Gasteiger charge is -2.09. The van der Waals surface area contributed by atoms with E-state index in [1.54, 1.807) is 42.5 Å². The summed E-state index contributed by atoms with van der Waals surface area (Å²) in [7, 11) is 0. The number of amides is 3. The van der Waals surface area contributed by atoms with Crippen LogP contribution in [-0.4, -0.2) is 28.8 Å². The van der Waals surface area contributed by atoms with Crippen LogP contribution in [0.2, 0.25) is 0 Å². The maximum atomic E-state index is 11.7. The van der Waals surface area contributed by atoms with Crippen molar-refractivity contribution in [1.29, 1.82) is 0 Å². The molecule has 2 rings (SSSR count). The standard InChI is InChI=1S/C16H16N4O4/c21-13(10-17-16(24)12-6-2-1-3-7-12)18-19-14(22)11-20-9-5-4-8-15(20)23/h1-9H,10-11H2,(H,17,24)(H,18,21)(H,19,22). The molecule has 0 saturated carbocycles. The van der Waals surface area contributed by atoms with Crippen LogP contribution in [0.15, 0.2) is 59.5 Å². The third-order valence-electron chi connectivity index (χ3n) is 3.00. The Bertz CT molecular complexity index is 786. The topological polar surface area (TPSA) is 109 Å². The summed E-state index contributed by atoms with van der Waals surface area (Å²) in [6.45, 7) is -0.518. The van der Waals surface area contributed by atoms with Crippen molar-refractivity contribution < 1.29 is 14.4 Å². The van der Waals surface area contributed by atoms with E-state index in [1.165, 1.54) is 16.8 Å². The van der Waals surface area contributed by atoms with Gasteiger partial charge in [-0.2, -0.15) is 0 Å². The quantitative estimate of drug-likeness (QED) is 0.638. The van der Waals surface area contributed by atoms with Gasteiger partial charge in [0.2, 0.25) is 0 Å². The normalized spacial score (nSPS) is 9.83. The van der Waals surface area contributed by atoms with Crippen LogP contribution >= 0.6 is 0 Å². The predicted octanol–water partition coefficient (Wildman–Crippen LogP) is -0.574. The van der Waals surface area contributed by atoms with Crippen molar-refractivity contribution in [3.8, 4) is 0 Å². The Morgan fingerprint density at radius 3 is 2.25 bits per heavy atom. The first-order valence-electron chi connectivity index (χ1n) is 7.12. The smallest absolute Gasteiger partial charge is 0.258 e. The van der Waals surface area contributed by atoms with Gasteiger partial charge in [0.25, 0.3) is 23.3 Å². The zero-order valence-electron chi connectivity index (χ0n) is 12.7. The molecule has 0 spiro atoms. The van der Waals surface area contributed by atoms with Crippen molar-refractivity contribution in [1.82, 2.24) is 20.7 Å². The first kappa shape index (κ1) is 16.9. The third-order valence-corrected chi connectivity index (χ3v) is 3.00. The molecule has 1 aromatic heterocycles. The van der Waals surface area contributed by atoms with E-state index in [0.29, 0.717) is 5.56 Å². The number of aromatic nitrogens is 1.